The number of nitrogens with two attached hydrogens (primary N) is 1. The summed E-state index contributed by atoms with van der Waals surface area (Å²) in [5.41, 5.74) is 6.49. The molecule has 0 saturated heterocycles. The first-order chi connectivity index (χ1) is 7.90. The van der Waals surface area contributed by atoms with Gasteiger partial charge in [0.15, 0.2) is 0 Å². The smallest absolute Gasteiger partial charge is 0.241 e. The van der Waals surface area contributed by atoms with Gasteiger partial charge < -0.3 is 11.1 Å². The van der Waals surface area contributed by atoms with Crippen LogP contribution in [-0.4, -0.2) is 21.7 Å². The number of nitrogens with zero attached hydrogens (tertiary/aromatic N) is 2. The SMILES string of the molecule is CC(C)C[C@H](N)C(=O)Nc1cnn(C(C)C)c1. The molecule has 96 valence electrons. The third-order valence-electron chi connectivity index (χ3n) is 2.46. The fraction of sp³-hybridized carbons (Fsp3) is 0.667. The lowest BCUT2D eigenvalue weighted by atomic mass is 10.0. The Hall–Kier alpha value is -1.36. The number of rotatable bonds is 5. The number of carbonyl (C=O) groups is 1. The maximum absolute atomic E-state index is 11.8. The molecule has 1 amide bonds. The van der Waals surface area contributed by atoms with Gasteiger partial charge in [-0.15, -0.1) is 0 Å². The first-order valence-corrected chi connectivity index (χ1v) is 6.00. The third kappa shape index (κ3) is 4.19. The van der Waals surface area contributed by atoms with Gasteiger partial charge in [-0.3, -0.25) is 9.48 Å². The van der Waals surface area contributed by atoms with Gasteiger partial charge in [0, 0.05) is 12.2 Å². The van der Waals surface area contributed by atoms with Crippen molar-refractivity contribution < 1.29 is 4.79 Å². The highest BCUT2D eigenvalue weighted by molar-refractivity contribution is 5.94. The lowest BCUT2D eigenvalue weighted by Gasteiger charge is -2.13. The van der Waals surface area contributed by atoms with Crippen LogP contribution >= 0.6 is 0 Å². The fourth-order valence-electron chi connectivity index (χ4n) is 1.53. The molecule has 3 N–H and O–H groups in total. The van der Waals surface area contributed by atoms with E-state index in [1.54, 1.807) is 10.9 Å². The van der Waals surface area contributed by atoms with Gasteiger partial charge in [-0.2, -0.15) is 5.10 Å². The molecule has 17 heavy (non-hydrogen) atoms. The van der Waals surface area contributed by atoms with Crippen molar-refractivity contribution in [3.8, 4) is 0 Å². The highest BCUT2D eigenvalue weighted by Gasteiger charge is 2.15. The number of amides is 1. The maximum Gasteiger partial charge on any atom is 0.241 e. The van der Waals surface area contributed by atoms with Gasteiger partial charge in [0.25, 0.3) is 0 Å². The second-order valence-corrected chi connectivity index (χ2v) is 5.03. The number of anilines is 1. The average molecular weight is 238 g/mol. The van der Waals surface area contributed by atoms with E-state index in [4.69, 9.17) is 5.73 Å². The Morgan fingerprint density at radius 1 is 1.47 bits per heavy atom. The number of hydrogen-bond acceptors (Lipinski definition) is 3. The van der Waals surface area contributed by atoms with Crippen molar-refractivity contribution >= 4 is 11.6 Å². The van der Waals surface area contributed by atoms with E-state index in [1.807, 2.05) is 33.9 Å². The van der Waals surface area contributed by atoms with Crippen LogP contribution in [0.5, 0.6) is 0 Å². The molecule has 0 spiro atoms. The normalized spacial score (nSPS) is 13.1. The van der Waals surface area contributed by atoms with Crippen LogP contribution in [-0.2, 0) is 4.79 Å². The number of hydrogen-bond donors (Lipinski definition) is 2. The molecule has 0 fully saturated rings. The fourth-order valence-corrected chi connectivity index (χ4v) is 1.53. The van der Waals surface area contributed by atoms with Crippen LogP contribution in [0.4, 0.5) is 5.69 Å². The minimum Gasteiger partial charge on any atom is -0.322 e. The predicted molar refractivity (Wildman–Crippen MR) is 68.7 cm³/mol. The summed E-state index contributed by atoms with van der Waals surface area (Å²) in [7, 11) is 0. The Morgan fingerprint density at radius 2 is 2.12 bits per heavy atom. The second kappa shape index (κ2) is 5.82. The summed E-state index contributed by atoms with van der Waals surface area (Å²) in [5.74, 6) is 0.260. The lowest BCUT2D eigenvalue weighted by Crippen LogP contribution is -2.36. The van der Waals surface area contributed by atoms with E-state index in [2.05, 4.69) is 10.4 Å². The van der Waals surface area contributed by atoms with Crippen LogP contribution in [0.25, 0.3) is 0 Å². The molecule has 0 saturated carbocycles. The summed E-state index contributed by atoms with van der Waals surface area (Å²) in [6.07, 6.45) is 4.13. The molecule has 1 aromatic heterocycles. The zero-order valence-corrected chi connectivity index (χ0v) is 11.0. The quantitative estimate of drug-likeness (QED) is 0.821. The monoisotopic (exact) mass is 238 g/mol. The van der Waals surface area contributed by atoms with E-state index < -0.39 is 6.04 Å². The summed E-state index contributed by atoms with van der Waals surface area (Å²) in [6.45, 7) is 8.15. The summed E-state index contributed by atoms with van der Waals surface area (Å²) < 4.78 is 1.80. The Kier molecular flexibility index (Phi) is 4.69. The molecule has 0 unspecified atom stereocenters. The molecule has 0 aliphatic rings. The van der Waals surface area contributed by atoms with Crippen LogP contribution in [0.15, 0.2) is 12.4 Å². The molecule has 0 aromatic carbocycles. The van der Waals surface area contributed by atoms with Crippen LogP contribution in [0.3, 0.4) is 0 Å². The number of carbonyl (C=O) groups excluding carboxylic acids is 1. The minimum atomic E-state index is -0.461. The van der Waals surface area contributed by atoms with E-state index >= 15 is 0 Å². The molecule has 5 heteroatoms. The van der Waals surface area contributed by atoms with Gasteiger partial charge in [-0.25, -0.2) is 0 Å². The molecular formula is C12H22N4O. The molecule has 1 rings (SSSR count). The molecule has 1 heterocycles. The summed E-state index contributed by atoms with van der Waals surface area (Å²) in [4.78, 5) is 11.8. The van der Waals surface area contributed by atoms with Gasteiger partial charge in [0.2, 0.25) is 5.91 Å². The van der Waals surface area contributed by atoms with Gasteiger partial charge in [0.1, 0.15) is 0 Å². The van der Waals surface area contributed by atoms with Crippen LogP contribution < -0.4 is 11.1 Å². The van der Waals surface area contributed by atoms with Crippen LogP contribution in [0.1, 0.15) is 40.2 Å². The average Bonchev–Trinajstić information content (AvgIpc) is 2.65. The van der Waals surface area contributed by atoms with Crippen LogP contribution in [0.2, 0.25) is 0 Å². The topological polar surface area (TPSA) is 72.9 Å². The highest BCUT2D eigenvalue weighted by Crippen LogP contribution is 2.11. The zero-order valence-electron chi connectivity index (χ0n) is 11.0. The zero-order chi connectivity index (χ0) is 13.0. The maximum atomic E-state index is 11.8. The van der Waals surface area contributed by atoms with E-state index in [-0.39, 0.29) is 11.9 Å². The van der Waals surface area contributed by atoms with Gasteiger partial charge in [0.05, 0.1) is 17.9 Å². The van der Waals surface area contributed by atoms with E-state index in [0.29, 0.717) is 18.0 Å². The van der Waals surface area contributed by atoms with Crippen molar-refractivity contribution in [2.24, 2.45) is 11.7 Å². The Labute approximate surface area is 102 Å². The second-order valence-electron chi connectivity index (χ2n) is 5.03. The first kappa shape index (κ1) is 13.7. The van der Waals surface area contributed by atoms with Crippen molar-refractivity contribution in [3.05, 3.63) is 12.4 Å². The lowest BCUT2D eigenvalue weighted by molar-refractivity contribution is -0.117. The van der Waals surface area contributed by atoms with Crippen molar-refractivity contribution in [3.63, 3.8) is 0 Å². The number of aromatic nitrogens is 2. The van der Waals surface area contributed by atoms with Gasteiger partial charge in [-0.1, -0.05) is 13.8 Å². The summed E-state index contributed by atoms with van der Waals surface area (Å²) in [5, 5.41) is 6.93. The summed E-state index contributed by atoms with van der Waals surface area (Å²) >= 11 is 0. The van der Waals surface area contributed by atoms with Crippen molar-refractivity contribution in [1.82, 2.24) is 9.78 Å². The minimum absolute atomic E-state index is 0.151. The van der Waals surface area contributed by atoms with Crippen molar-refractivity contribution in [2.45, 2.75) is 46.2 Å². The number of nitrogens with one attached hydrogen (secondary N) is 1. The highest BCUT2D eigenvalue weighted by atomic mass is 16.2. The van der Waals surface area contributed by atoms with Gasteiger partial charge in [-0.05, 0) is 26.2 Å². The Bertz CT molecular complexity index is 370. The van der Waals surface area contributed by atoms with E-state index in [1.165, 1.54) is 0 Å². The largest absolute Gasteiger partial charge is 0.322 e. The molecule has 5 nitrogen and oxygen atoms in total. The van der Waals surface area contributed by atoms with Crippen molar-refractivity contribution in [1.29, 1.82) is 0 Å². The first-order valence-electron chi connectivity index (χ1n) is 6.00. The molecule has 1 atom stereocenters. The molecule has 0 radical (unpaired) electrons. The van der Waals surface area contributed by atoms with E-state index in [9.17, 15) is 4.79 Å². The van der Waals surface area contributed by atoms with Gasteiger partial charge >= 0.3 is 0 Å². The van der Waals surface area contributed by atoms with Crippen LogP contribution in [0, 0.1) is 5.92 Å². The third-order valence-corrected chi connectivity index (χ3v) is 2.46. The molecule has 0 bridgehead atoms. The van der Waals surface area contributed by atoms with E-state index in [0.717, 1.165) is 0 Å². The summed E-state index contributed by atoms with van der Waals surface area (Å²) in [6, 6.07) is -0.178. The Morgan fingerprint density at radius 3 is 2.59 bits per heavy atom. The molecular weight excluding hydrogens is 216 g/mol. The Balaban J connectivity index is 2.55. The predicted octanol–water partition coefficient (Wildman–Crippen LogP) is 1.78. The molecule has 0 aliphatic heterocycles. The molecule has 1 aromatic rings. The standard InChI is InChI=1S/C12H22N4O/c1-8(2)5-11(13)12(17)15-10-6-14-16(7-10)9(3)4/h6-9,11H,5,13H2,1-4H3,(H,15,17)/t11-/m0/s1. The van der Waals surface area contributed by atoms with Crippen molar-refractivity contribution in [2.75, 3.05) is 5.32 Å². The molecule has 0 aliphatic carbocycles.